The minimum Gasteiger partial charge on any atom is -0.356 e. The SMILES string of the molecule is Cc1cc2cc(C(C)N)cc(F)c2[nH]1. The van der Waals surface area contributed by atoms with Crippen LogP contribution in [0.25, 0.3) is 10.9 Å². The molecular formula is C11H13FN2. The highest BCUT2D eigenvalue weighted by atomic mass is 19.1. The zero-order valence-corrected chi connectivity index (χ0v) is 8.26. The number of nitrogens with two attached hydrogens (primary N) is 1. The van der Waals surface area contributed by atoms with Crippen molar-refractivity contribution in [2.24, 2.45) is 5.73 Å². The Labute approximate surface area is 81.9 Å². The Balaban J connectivity index is 2.71. The highest BCUT2D eigenvalue weighted by molar-refractivity contribution is 5.81. The normalized spacial score (nSPS) is 13.4. The smallest absolute Gasteiger partial charge is 0.147 e. The summed E-state index contributed by atoms with van der Waals surface area (Å²) in [5.74, 6) is -0.233. The average Bonchev–Trinajstić information content (AvgIpc) is 2.45. The monoisotopic (exact) mass is 192 g/mol. The quantitative estimate of drug-likeness (QED) is 0.716. The number of fused-ring (bicyclic) bond motifs is 1. The molecular weight excluding hydrogens is 179 g/mol. The van der Waals surface area contributed by atoms with E-state index < -0.39 is 0 Å². The molecule has 0 fully saturated rings. The van der Waals surface area contributed by atoms with Gasteiger partial charge in [-0.05, 0) is 37.6 Å². The number of H-pyrrole nitrogens is 1. The molecule has 0 spiro atoms. The molecule has 0 aliphatic rings. The third-order valence-corrected chi connectivity index (χ3v) is 2.36. The molecule has 1 atom stereocenters. The Morgan fingerprint density at radius 1 is 1.36 bits per heavy atom. The van der Waals surface area contributed by atoms with Gasteiger partial charge >= 0.3 is 0 Å². The molecule has 0 bridgehead atoms. The predicted octanol–water partition coefficient (Wildman–Crippen LogP) is 2.64. The summed E-state index contributed by atoms with van der Waals surface area (Å²) in [5, 5.41) is 0.884. The van der Waals surface area contributed by atoms with Crippen LogP contribution >= 0.6 is 0 Å². The molecule has 1 aromatic carbocycles. The third-order valence-electron chi connectivity index (χ3n) is 2.36. The number of halogens is 1. The van der Waals surface area contributed by atoms with E-state index in [9.17, 15) is 4.39 Å². The molecule has 74 valence electrons. The molecule has 0 saturated carbocycles. The predicted molar refractivity (Wildman–Crippen MR) is 55.6 cm³/mol. The van der Waals surface area contributed by atoms with E-state index in [2.05, 4.69) is 4.98 Å². The Morgan fingerprint density at radius 2 is 2.07 bits per heavy atom. The van der Waals surface area contributed by atoms with Gasteiger partial charge in [0.15, 0.2) is 0 Å². The fraction of sp³-hybridized carbons (Fsp3) is 0.273. The summed E-state index contributed by atoms with van der Waals surface area (Å²) < 4.78 is 13.5. The number of hydrogen-bond acceptors (Lipinski definition) is 1. The van der Waals surface area contributed by atoms with Gasteiger partial charge in [-0.25, -0.2) is 4.39 Å². The molecule has 3 N–H and O–H groups in total. The molecule has 0 amide bonds. The molecule has 14 heavy (non-hydrogen) atoms. The highest BCUT2D eigenvalue weighted by Crippen LogP contribution is 2.23. The van der Waals surface area contributed by atoms with E-state index in [0.29, 0.717) is 5.52 Å². The summed E-state index contributed by atoms with van der Waals surface area (Å²) in [7, 11) is 0. The zero-order chi connectivity index (χ0) is 10.3. The minimum absolute atomic E-state index is 0.135. The van der Waals surface area contributed by atoms with Crippen LogP contribution in [0, 0.1) is 12.7 Å². The molecule has 2 rings (SSSR count). The maximum Gasteiger partial charge on any atom is 0.147 e. The van der Waals surface area contributed by atoms with Crippen molar-refractivity contribution in [3.05, 3.63) is 35.3 Å². The van der Waals surface area contributed by atoms with Crippen molar-refractivity contribution in [1.29, 1.82) is 0 Å². The topological polar surface area (TPSA) is 41.8 Å². The molecule has 0 aliphatic heterocycles. The van der Waals surface area contributed by atoms with Gasteiger partial charge in [0.2, 0.25) is 0 Å². The number of nitrogens with one attached hydrogen (secondary N) is 1. The lowest BCUT2D eigenvalue weighted by atomic mass is 10.1. The molecule has 1 unspecified atom stereocenters. The molecule has 3 heteroatoms. The lowest BCUT2D eigenvalue weighted by Crippen LogP contribution is -2.05. The van der Waals surface area contributed by atoms with E-state index >= 15 is 0 Å². The highest BCUT2D eigenvalue weighted by Gasteiger charge is 2.08. The summed E-state index contributed by atoms with van der Waals surface area (Å²) in [4.78, 5) is 2.98. The fourth-order valence-corrected chi connectivity index (χ4v) is 1.62. The van der Waals surface area contributed by atoms with Crippen molar-refractivity contribution in [2.45, 2.75) is 19.9 Å². The van der Waals surface area contributed by atoms with E-state index in [1.165, 1.54) is 6.07 Å². The van der Waals surface area contributed by atoms with Crippen molar-refractivity contribution >= 4 is 10.9 Å². The maximum atomic E-state index is 13.5. The van der Waals surface area contributed by atoms with Crippen LogP contribution in [-0.2, 0) is 0 Å². The zero-order valence-electron chi connectivity index (χ0n) is 8.26. The molecule has 0 radical (unpaired) electrons. The van der Waals surface area contributed by atoms with E-state index in [-0.39, 0.29) is 11.9 Å². The van der Waals surface area contributed by atoms with Crippen molar-refractivity contribution in [3.8, 4) is 0 Å². The van der Waals surface area contributed by atoms with Crippen LogP contribution in [-0.4, -0.2) is 4.98 Å². The van der Waals surface area contributed by atoms with E-state index in [1.807, 2.05) is 26.0 Å². The van der Waals surface area contributed by atoms with E-state index in [0.717, 1.165) is 16.6 Å². The van der Waals surface area contributed by atoms with E-state index in [4.69, 9.17) is 5.73 Å². The minimum atomic E-state index is -0.233. The standard InChI is InChI=1S/C11H13FN2/c1-6-3-9-4-8(7(2)13)5-10(12)11(9)14-6/h3-5,7,14H,13H2,1-2H3. The Hall–Kier alpha value is -1.35. The summed E-state index contributed by atoms with van der Waals surface area (Å²) in [5.41, 5.74) is 8.05. The Kier molecular flexibility index (Phi) is 2.04. The van der Waals surface area contributed by atoms with Gasteiger partial charge in [0.25, 0.3) is 0 Å². The van der Waals surface area contributed by atoms with Gasteiger partial charge in [-0.15, -0.1) is 0 Å². The molecule has 0 aliphatic carbocycles. The number of aryl methyl sites for hydroxylation is 1. The molecule has 2 aromatic rings. The van der Waals surface area contributed by atoms with Crippen molar-refractivity contribution in [1.82, 2.24) is 4.98 Å². The van der Waals surface area contributed by atoms with Crippen LogP contribution < -0.4 is 5.73 Å². The van der Waals surface area contributed by atoms with Gasteiger partial charge < -0.3 is 10.7 Å². The van der Waals surface area contributed by atoms with Gasteiger partial charge in [0.05, 0.1) is 5.52 Å². The van der Waals surface area contributed by atoms with E-state index in [1.54, 1.807) is 0 Å². The second-order valence-corrected chi connectivity index (χ2v) is 3.71. The number of benzene rings is 1. The summed E-state index contributed by atoms with van der Waals surface area (Å²) in [6.45, 7) is 3.76. The number of hydrogen-bond donors (Lipinski definition) is 2. The molecule has 1 heterocycles. The number of aromatic nitrogens is 1. The van der Waals surface area contributed by atoms with Crippen LogP contribution in [0.15, 0.2) is 18.2 Å². The largest absolute Gasteiger partial charge is 0.356 e. The third kappa shape index (κ3) is 1.40. The van der Waals surface area contributed by atoms with Gasteiger partial charge in [-0.3, -0.25) is 0 Å². The number of rotatable bonds is 1. The Bertz CT molecular complexity index is 471. The first-order valence-electron chi connectivity index (χ1n) is 4.62. The fourth-order valence-electron chi connectivity index (χ4n) is 1.62. The second kappa shape index (κ2) is 3.10. The van der Waals surface area contributed by atoms with Crippen LogP contribution in [0.5, 0.6) is 0 Å². The first kappa shape index (κ1) is 9.21. The molecule has 2 nitrogen and oxygen atoms in total. The van der Waals surface area contributed by atoms with Crippen LogP contribution in [0.4, 0.5) is 4.39 Å². The van der Waals surface area contributed by atoms with Gasteiger partial charge in [0, 0.05) is 17.1 Å². The Morgan fingerprint density at radius 3 is 2.71 bits per heavy atom. The van der Waals surface area contributed by atoms with Crippen LogP contribution in [0.3, 0.4) is 0 Å². The van der Waals surface area contributed by atoms with Gasteiger partial charge in [0.1, 0.15) is 5.82 Å². The average molecular weight is 192 g/mol. The van der Waals surface area contributed by atoms with Crippen LogP contribution in [0.2, 0.25) is 0 Å². The first-order chi connectivity index (χ1) is 6.58. The van der Waals surface area contributed by atoms with Crippen molar-refractivity contribution in [2.75, 3.05) is 0 Å². The van der Waals surface area contributed by atoms with Gasteiger partial charge in [-0.1, -0.05) is 0 Å². The lowest BCUT2D eigenvalue weighted by molar-refractivity contribution is 0.632. The molecule has 1 aromatic heterocycles. The lowest BCUT2D eigenvalue weighted by Gasteiger charge is -2.05. The van der Waals surface area contributed by atoms with Gasteiger partial charge in [-0.2, -0.15) is 0 Å². The summed E-state index contributed by atoms with van der Waals surface area (Å²) in [6.07, 6.45) is 0. The summed E-state index contributed by atoms with van der Waals surface area (Å²) >= 11 is 0. The summed E-state index contributed by atoms with van der Waals surface area (Å²) in [6, 6.07) is 5.20. The van der Waals surface area contributed by atoms with Crippen molar-refractivity contribution < 1.29 is 4.39 Å². The molecule has 0 saturated heterocycles. The maximum absolute atomic E-state index is 13.5. The second-order valence-electron chi connectivity index (χ2n) is 3.71. The van der Waals surface area contributed by atoms with Crippen LogP contribution in [0.1, 0.15) is 24.2 Å². The number of aromatic amines is 1. The van der Waals surface area contributed by atoms with Crippen molar-refractivity contribution in [3.63, 3.8) is 0 Å². The first-order valence-corrected chi connectivity index (χ1v) is 4.62.